The second kappa shape index (κ2) is 11.9. The second-order valence-corrected chi connectivity index (χ2v) is 9.96. The van der Waals surface area contributed by atoms with Crippen LogP contribution in [0.5, 0.6) is 0 Å². The third-order valence-electron chi connectivity index (χ3n) is 6.08. The fourth-order valence-electron chi connectivity index (χ4n) is 4.06. The zero-order valence-corrected chi connectivity index (χ0v) is 20.9. The lowest BCUT2D eigenvalue weighted by Crippen LogP contribution is -2.60. The van der Waals surface area contributed by atoms with Gasteiger partial charge in [0, 0.05) is 24.4 Å². The smallest absolute Gasteiger partial charge is 0.390 e. The Balaban J connectivity index is 1.78. The van der Waals surface area contributed by atoms with Crippen molar-refractivity contribution < 1.29 is 37.7 Å². The predicted octanol–water partition coefficient (Wildman–Crippen LogP) is 4.49. The van der Waals surface area contributed by atoms with Crippen molar-refractivity contribution in [1.29, 1.82) is 0 Å². The molecule has 0 bridgehead atoms. The first-order valence-corrected chi connectivity index (χ1v) is 12.1. The van der Waals surface area contributed by atoms with Crippen molar-refractivity contribution in [3.05, 3.63) is 70.2 Å². The summed E-state index contributed by atoms with van der Waals surface area (Å²) in [4.78, 5) is 13.3. The van der Waals surface area contributed by atoms with E-state index in [0.717, 1.165) is 17.7 Å². The largest absolute Gasteiger partial charge is 0.416 e. The van der Waals surface area contributed by atoms with E-state index >= 15 is 0 Å². The molecule has 0 spiro atoms. The van der Waals surface area contributed by atoms with Gasteiger partial charge in [-0.15, -0.1) is 0 Å². The van der Waals surface area contributed by atoms with Crippen LogP contribution < -0.4 is 5.32 Å². The number of carbonyl (C=O) groups excluding carboxylic acids is 1. The van der Waals surface area contributed by atoms with Crippen LogP contribution in [0.3, 0.4) is 0 Å². The van der Waals surface area contributed by atoms with E-state index in [4.69, 9.17) is 21.1 Å². The fourth-order valence-corrected chi connectivity index (χ4v) is 4.27. The lowest BCUT2D eigenvalue weighted by molar-refractivity contribution is -0.200. The number of halogens is 4. The van der Waals surface area contributed by atoms with Crippen molar-refractivity contribution in [2.75, 3.05) is 6.54 Å². The lowest BCUT2D eigenvalue weighted by atomic mass is 9.78. The summed E-state index contributed by atoms with van der Waals surface area (Å²) in [5, 5.41) is 24.6. The van der Waals surface area contributed by atoms with Gasteiger partial charge in [0.15, 0.2) is 5.60 Å². The van der Waals surface area contributed by atoms with E-state index in [1.807, 2.05) is 13.8 Å². The highest BCUT2D eigenvalue weighted by molar-refractivity contribution is 6.30. The van der Waals surface area contributed by atoms with E-state index in [1.54, 1.807) is 24.3 Å². The summed E-state index contributed by atoms with van der Waals surface area (Å²) in [5.74, 6) is -0.267. The number of benzene rings is 2. The van der Waals surface area contributed by atoms with Gasteiger partial charge in [-0.25, -0.2) is 0 Å². The van der Waals surface area contributed by atoms with Gasteiger partial charge in [0.05, 0.1) is 31.0 Å². The van der Waals surface area contributed by atoms with Crippen LogP contribution >= 0.6 is 11.6 Å². The minimum Gasteiger partial charge on any atom is -0.390 e. The number of nitrogens with one attached hydrogen (secondary N) is 1. The lowest BCUT2D eigenvalue weighted by Gasteiger charge is -2.44. The number of aliphatic hydroxyl groups is 2. The number of carbonyl (C=O) groups is 1. The molecule has 2 aromatic carbocycles. The molecule has 0 aliphatic heterocycles. The molecule has 4 atom stereocenters. The fraction of sp³-hybridized carbons (Fsp3) is 0.500. The molecule has 1 saturated carbocycles. The van der Waals surface area contributed by atoms with E-state index < -0.39 is 41.6 Å². The highest BCUT2D eigenvalue weighted by Gasteiger charge is 2.51. The van der Waals surface area contributed by atoms with Gasteiger partial charge in [0.2, 0.25) is 0 Å². The van der Waals surface area contributed by atoms with Gasteiger partial charge in [-0.1, -0.05) is 49.7 Å². The normalized spacial score (nSPS) is 24.6. The number of ether oxygens (including phenoxy) is 2. The van der Waals surface area contributed by atoms with Crippen LogP contribution in [-0.4, -0.2) is 46.6 Å². The molecule has 0 radical (unpaired) electrons. The van der Waals surface area contributed by atoms with Gasteiger partial charge in [-0.3, -0.25) is 4.79 Å². The Morgan fingerprint density at radius 1 is 1.11 bits per heavy atom. The van der Waals surface area contributed by atoms with Crippen LogP contribution in [0.15, 0.2) is 48.5 Å². The van der Waals surface area contributed by atoms with Crippen molar-refractivity contribution in [3.8, 4) is 0 Å². The average molecular weight is 530 g/mol. The molecule has 1 aliphatic carbocycles. The Hall–Kier alpha value is -2.17. The Kier molecular flexibility index (Phi) is 9.40. The van der Waals surface area contributed by atoms with Gasteiger partial charge in [-0.05, 0) is 41.3 Å². The van der Waals surface area contributed by atoms with Crippen LogP contribution in [-0.2, 0) is 33.7 Å². The third kappa shape index (κ3) is 7.43. The summed E-state index contributed by atoms with van der Waals surface area (Å²) in [5.41, 5.74) is -1.11. The zero-order chi connectivity index (χ0) is 26.5. The van der Waals surface area contributed by atoms with Crippen molar-refractivity contribution in [1.82, 2.24) is 5.32 Å². The number of alkyl halides is 3. The molecule has 0 saturated heterocycles. The molecule has 10 heteroatoms. The van der Waals surface area contributed by atoms with Gasteiger partial charge >= 0.3 is 6.18 Å². The van der Waals surface area contributed by atoms with Crippen LogP contribution in [0.4, 0.5) is 13.2 Å². The van der Waals surface area contributed by atoms with Crippen LogP contribution in [0.1, 0.15) is 43.4 Å². The summed E-state index contributed by atoms with van der Waals surface area (Å²) in [7, 11) is 0. The quantitative estimate of drug-likeness (QED) is 0.445. The van der Waals surface area contributed by atoms with E-state index in [9.17, 15) is 28.2 Å². The van der Waals surface area contributed by atoms with Crippen LogP contribution in [0, 0.1) is 5.92 Å². The molecule has 3 N–H and O–H groups in total. The van der Waals surface area contributed by atoms with Crippen LogP contribution in [0.25, 0.3) is 0 Å². The topological polar surface area (TPSA) is 88.0 Å². The number of rotatable bonds is 9. The summed E-state index contributed by atoms with van der Waals surface area (Å²) >= 11 is 6.06. The highest BCUT2D eigenvalue weighted by atomic mass is 35.5. The molecule has 2 aromatic rings. The maximum Gasteiger partial charge on any atom is 0.416 e. The molecule has 1 unspecified atom stereocenters. The molecule has 1 amide bonds. The van der Waals surface area contributed by atoms with Gasteiger partial charge in [-0.2, -0.15) is 13.2 Å². The predicted molar refractivity (Wildman–Crippen MR) is 128 cm³/mol. The number of hydrogen-bond acceptors (Lipinski definition) is 5. The molecular weight excluding hydrogens is 499 g/mol. The Bertz CT molecular complexity index is 1020. The molecule has 0 heterocycles. The molecule has 36 heavy (non-hydrogen) atoms. The van der Waals surface area contributed by atoms with Crippen molar-refractivity contribution in [2.45, 2.75) is 70.0 Å². The first-order chi connectivity index (χ1) is 16.9. The molecule has 3 rings (SSSR count). The van der Waals surface area contributed by atoms with E-state index in [-0.39, 0.29) is 32.0 Å². The molecule has 0 aromatic heterocycles. The standard InChI is InChI=1S/C26H31ClF3NO5/c1-16(2)13-31-24(34)25(36-15-18-4-3-5-20(27)10-18)11-21(32)23(33)22(12-25)35-14-17-6-8-19(9-7-17)26(28,29)30/h3-10,16,21-23,32-33H,11-15H2,1-2H3,(H,31,34)/t21-,22?,23-,25+/m1/s1. The van der Waals surface area contributed by atoms with Crippen molar-refractivity contribution >= 4 is 17.5 Å². The first-order valence-electron chi connectivity index (χ1n) is 11.7. The minimum atomic E-state index is -4.45. The summed E-state index contributed by atoms with van der Waals surface area (Å²) in [6, 6.07) is 11.4. The highest BCUT2D eigenvalue weighted by Crippen LogP contribution is 2.36. The zero-order valence-electron chi connectivity index (χ0n) is 20.1. The Morgan fingerprint density at radius 2 is 1.81 bits per heavy atom. The molecule has 6 nitrogen and oxygen atoms in total. The SMILES string of the molecule is CC(C)CNC(=O)[C@@]1(OCc2cccc(Cl)c2)CC(OCc2ccc(C(F)(F)F)cc2)[C@H](O)[C@H](O)C1. The summed E-state index contributed by atoms with van der Waals surface area (Å²) < 4.78 is 50.4. The number of aliphatic hydroxyl groups excluding tert-OH is 2. The monoisotopic (exact) mass is 529 g/mol. The van der Waals surface area contributed by atoms with Gasteiger partial charge < -0.3 is 25.0 Å². The van der Waals surface area contributed by atoms with Gasteiger partial charge in [0.1, 0.15) is 6.10 Å². The van der Waals surface area contributed by atoms with E-state index in [2.05, 4.69) is 5.32 Å². The first kappa shape index (κ1) is 28.4. The van der Waals surface area contributed by atoms with Gasteiger partial charge in [0.25, 0.3) is 5.91 Å². The van der Waals surface area contributed by atoms with Crippen molar-refractivity contribution in [3.63, 3.8) is 0 Å². The number of amides is 1. The summed E-state index contributed by atoms with van der Waals surface area (Å²) in [6.07, 6.45) is -8.29. The second-order valence-electron chi connectivity index (χ2n) is 9.53. The molecule has 1 fully saturated rings. The average Bonchev–Trinajstić information content (AvgIpc) is 2.82. The van der Waals surface area contributed by atoms with Crippen molar-refractivity contribution in [2.24, 2.45) is 5.92 Å². The molecule has 198 valence electrons. The third-order valence-corrected chi connectivity index (χ3v) is 6.31. The Morgan fingerprint density at radius 3 is 2.42 bits per heavy atom. The molecular formula is C26H31ClF3NO5. The Labute approximate surface area is 213 Å². The maximum absolute atomic E-state index is 13.3. The molecule has 1 aliphatic rings. The number of hydrogen-bond donors (Lipinski definition) is 3. The van der Waals surface area contributed by atoms with E-state index in [0.29, 0.717) is 17.1 Å². The maximum atomic E-state index is 13.3. The van der Waals surface area contributed by atoms with Crippen LogP contribution in [0.2, 0.25) is 5.02 Å². The van der Waals surface area contributed by atoms with E-state index in [1.165, 1.54) is 12.1 Å². The minimum absolute atomic E-state index is 0.0318. The summed E-state index contributed by atoms with van der Waals surface area (Å²) in [6.45, 7) is 4.18.